The molecule has 5 heteroatoms. The predicted octanol–water partition coefficient (Wildman–Crippen LogP) is 2.96. The van der Waals surface area contributed by atoms with Crippen LogP contribution in [0.2, 0.25) is 0 Å². The van der Waals surface area contributed by atoms with Crippen molar-refractivity contribution in [1.29, 1.82) is 0 Å². The molecule has 0 aliphatic heterocycles. The maximum Gasteiger partial charge on any atom is 0.265 e. The average Bonchev–Trinajstić information content (AvgIpc) is 2.88. The van der Waals surface area contributed by atoms with Crippen LogP contribution in [0.1, 0.15) is 27.2 Å². The van der Waals surface area contributed by atoms with E-state index in [9.17, 15) is 9.18 Å². The lowest BCUT2D eigenvalue weighted by Gasteiger charge is -2.11. The minimum Gasteiger partial charge on any atom is -0.341 e. The quantitative estimate of drug-likeness (QED) is 0.861. The van der Waals surface area contributed by atoms with Crippen molar-refractivity contribution in [3.8, 4) is 0 Å². The summed E-state index contributed by atoms with van der Waals surface area (Å²) < 4.78 is 12.8. The van der Waals surface area contributed by atoms with Crippen LogP contribution in [0.25, 0.3) is 0 Å². The second-order valence-electron chi connectivity index (χ2n) is 4.24. The van der Waals surface area contributed by atoms with Gasteiger partial charge in [-0.1, -0.05) is 12.1 Å². The van der Waals surface area contributed by atoms with Crippen LogP contribution >= 0.6 is 11.3 Å². The number of carbonyl (C=O) groups excluding carboxylic acids is 1. The number of aromatic nitrogens is 1. The third-order valence-corrected chi connectivity index (χ3v) is 3.84. The van der Waals surface area contributed by atoms with Gasteiger partial charge >= 0.3 is 0 Å². The molecular formula is C14H15FN2OS. The van der Waals surface area contributed by atoms with Crippen LogP contribution in [0.15, 0.2) is 30.5 Å². The van der Waals surface area contributed by atoms with E-state index in [-0.39, 0.29) is 11.7 Å². The van der Waals surface area contributed by atoms with Crippen LogP contribution in [0.5, 0.6) is 0 Å². The highest BCUT2D eigenvalue weighted by atomic mass is 32.1. The monoisotopic (exact) mass is 278 g/mol. The molecule has 1 aromatic carbocycles. The summed E-state index contributed by atoms with van der Waals surface area (Å²) in [6, 6.07) is 6.33. The van der Waals surface area contributed by atoms with E-state index < -0.39 is 0 Å². The first-order valence-corrected chi connectivity index (χ1v) is 6.86. The Balaban J connectivity index is 2.09. The Bertz CT molecular complexity index is 565. The molecule has 0 radical (unpaired) electrons. The molecule has 1 amide bonds. The van der Waals surface area contributed by atoms with Crippen molar-refractivity contribution in [3.05, 3.63) is 51.7 Å². The lowest BCUT2D eigenvalue weighted by atomic mass is 10.2. The summed E-state index contributed by atoms with van der Waals surface area (Å²) in [6.45, 7) is 2.60. The van der Waals surface area contributed by atoms with Gasteiger partial charge < -0.3 is 4.90 Å². The molecule has 0 spiro atoms. The molecule has 0 bridgehead atoms. The van der Waals surface area contributed by atoms with Crippen LogP contribution in [0.3, 0.4) is 0 Å². The molecule has 100 valence electrons. The fraction of sp³-hybridized carbons (Fsp3) is 0.286. The number of nitrogens with zero attached hydrogens (tertiary/aromatic N) is 2. The second kappa shape index (κ2) is 5.93. The van der Waals surface area contributed by atoms with E-state index >= 15 is 0 Å². The number of carbonyl (C=O) groups is 1. The minimum absolute atomic E-state index is 0.00893. The summed E-state index contributed by atoms with van der Waals surface area (Å²) >= 11 is 1.39. The second-order valence-corrected chi connectivity index (χ2v) is 5.36. The van der Waals surface area contributed by atoms with E-state index in [0.717, 1.165) is 10.6 Å². The number of amides is 1. The molecule has 1 aromatic heterocycles. The predicted molar refractivity (Wildman–Crippen MR) is 74.0 cm³/mol. The Labute approximate surface area is 115 Å². The van der Waals surface area contributed by atoms with Crippen LogP contribution in [-0.2, 0) is 6.42 Å². The van der Waals surface area contributed by atoms with Crippen LogP contribution in [-0.4, -0.2) is 29.4 Å². The first kappa shape index (κ1) is 13.7. The first-order chi connectivity index (χ1) is 9.10. The summed E-state index contributed by atoms with van der Waals surface area (Å²) in [6.07, 6.45) is 2.23. The van der Waals surface area contributed by atoms with E-state index in [1.54, 1.807) is 30.3 Å². The molecule has 2 rings (SSSR count). The van der Waals surface area contributed by atoms with E-state index in [2.05, 4.69) is 4.98 Å². The smallest absolute Gasteiger partial charge is 0.265 e. The molecule has 0 saturated heterocycles. The third kappa shape index (κ3) is 3.38. The maximum absolute atomic E-state index is 12.8. The fourth-order valence-corrected chi connectivity index (χ4v) is 2.55. The molecule has 0 atom stereocenters. The standard InChI is InChI=1S/C14H15FN2OS/c1-3-17(2)14(18)12-9-16-13(19-12)8-10-4-6-11(15)7-5-10/h4-7,9H,3,8H2,1-2H3. The van der Waals surface area contributed by atoms with Gasteiger partial charge in [-0.15, -0.1) is 11.3 Å². The molecule has 0 N–H and O–H groups in total. The largest absolute Gasteiger partial charge is 0.341 e. The Morgan fingerprint density at radius 1 is 1.37 bits per heavy atom. The normalized spacial score (nSPS) is 10.5. The molecule has 0 aliphatic rings. The summed E-state index contributed by atoms with van der Waals surface area (Å²) in [4.78, 5) is 18.5. The Hall–Kier alpha value is -1.75. The zero-order valence-electron chi connectivity index (χ0n) is 10.9. The van der Waals surface area contributed by atoms with Crippen molar-refractivity contribution in [2.75, 3.05) is 13.6 Å². The Kier molecular flexibility index (Phi) is 4.27. The van der Waals surface area contributed by atoms with Gasteiger partial charge in [0.05, 0.1) is 11.2 Å². The van der Waals surface area contributed by atoms with Crippen molar-refractivity contribution < 1.29 is 9.18 Å². The van der Waals surface area contributed by atoms with Crippen molar-refractivity contribution >= 4 is 17.2 Å². The van der Waals surface area contributed by atoms with Crippen LogP contribution in [0, 0.1) is 5.82 Å². The van der Waals surface area contributed by atoms with Gasteiger partial charge in [-0.05, 0) is 24.6 Å². The molecule has 19 heavy (non-hydrogen) atoms. The van der Waals surface area contributed by atoms with Crippen molar-refractivity contribution in [2.24, 2.45) is 0 Å². The van der Waals surface area contributed by atoms with Gasteiger partial charge in [0, 0.05) is 20.0 Å². The Morgan fingerprint density at radius 2 is 2.05 bits per heavy atom. The lowest BCUT2D eigenvalue weighted by Crippen LogP contribution is -2.25. The van der Waals surface area contributed by atoms with Crippen molar-refractivity contribution in [2.45, 2.75) is 13.3 Å². The van der Waals surface area contributed by atoms with E-state index in [4.69, 9.17) is 0 Å². The number of rotatable bonds is 4. The van der Waals surface area contributed by atoms with E-state index in [1.807, 2.05) is 6.92 Å². The summed E-state index contributed by atoms with van der Waals surface area (Å²) in [5.41, 5.74) is 0.985. The van der Waals surface area contributed by atoms with Crippen molar-refractivity contribution in [1.82, 2.24) is 9.88 Å². The molecule has 0 aliphatic carbocycles. The molecular weight excluding hydrogens is 263 g/mol. The molecule has 1 heterocycles. The maximum atomic E-state index is 12.8. The third-order valence-electron chi connectivity index (χ3n) is 2.85. The van der Waals surface area contributed by atoms with Crippen LogP contribution in [0.4, 0.5) is 4.39 Å². The Morgan fingerprint density at radius 3 is 2.68 bits per heavy atom. The molecule has 0 fully saturated rings. The minimum atomic E-state index is -0.247. The van der Waals surface area contributed by atoms with Gasteiger partial charge in [0.2, 0.25) is 0 Å². The zero-order chi connectivity index (χ0) is 13.8. The number of halogens is 1. The summed E-state index contributed by atoms with van der Waals surface area (Å²) in [5, 5.41) is 0.861. The highest BCUT2D eigenvalue weighted by molar-refractivity contribution is 7.13. The van der Waals surface area contributed by atoms with Gasteiger partial charge in [0.1, 0.15) is 10.7 Å². The summed E-state index contributed by atoms with van der Waals surface area (Å²) in [5.74, 6) is -0.256. The molecule has 2 aromatic rings. The highest BCUT2D eigenvalue weighted by Crippen LogP contribution is 2.18. The number of benzene rings is 1. The SMILES string of the molecule is CCN(C)C(=O)c1cnc(Cc2ccc(F)cc2)s1. The van der Waals surface area contributed by atoms with Crippen molar-refractivity contribution in [3.63, 3.8) is 0 Å². The first-order valence-electron chi connectivity index (χ1n) is 6.04. The van der Waals surface area contributed by atoms with Crippen LogP contribution < -0.4 is 0 Å². The highest BCUT2D eigenvalue weighted by Gasteiger charge is 2.13. The number of hydrogen-bond donors (Lipinski definition) is 0. The number of hydrogen-bond acceptors (Lipinski definition) is 3. The lowest BCUT2D eigenvalue weighted by molar-refractivity contribution is 0.0807. The van der Waals surface area contributed by atoms with Gasteiger partial charge in [-0.3, -0.25) is 4.79 Å². The summed E-state index contributed by atoms with van der Waals surface area (Å²) in [7, 11) is 1.77. The molecule has 0 saturated carbocycles. The average molecular weight is 278 g/mol. The fourth-order valence-electron chi connectivity index (χ4n) is 1.60. The van der Waals surface area contributed by atoms with Gasteiger partial charge in [-0.25, -0.2) is 9.37 Å². The van der Waals surface area contributed by atoms with Gasteiger partial charge in [-0.2, -0.15) is 0 Å². The van der Waals surface area contributed by atoms with Gasteiger partial charge in [0.15, 0.2) is 0 Å². The topological polar surface area (TPSA) is 33.2 Å². The van der Waals surface area contributed by atoms with E-state index in [0.29, 0.717) is 17.8 Å². The number of thiazole rings is 1. The zero-order valence-corrected chi connectivity index (χ0v) is 11.7. The molecule has 3 nitrogen and oxygen atoms in total. The van der Waals surface area contributed by atoms with E-state index in [1.165, 1.54) is 23.5 Å². The van der Waals surface area contributed by atoms with Gasteiger partial charge in [0.25, 0.3) is 5.91 Å². The molecule has 0 unspecified atom stereocenters.